The second kappa shape index (κ2) is 13.9. The SMILES string of the molecule is Cc1cc(OCc2cccc(-c3cccc(OCCCN4CCCC4)c3C)c2C)c(Cl)cc1CN1CCCCC1. The van der Waals surface area contributed by atoms with Crippen LogP contribution in [0.4, 0.5) is 0 Å². The molecule has 2 aliphatic heterocycles. The Labute approximate surface area is 246 Å². The molecule has 5 rings (SSSR count). The van der Waals surface area contributed by atoms with Crippen LogP contribution in [0.2, 0.25) is 5.02 Å². The molecule has 2 fully saturated rings. The average Bonchev–Trinajstić information content (AvgIpc) is 3.48. The fourth-order valence-electron chi connectivity index (χ4n) is 6.16. The molecule has 2 heterocycles. The summed E-state index contributed by atoms with van der Waals surface area (Å²) in [6, 6.07) is 17.1. The molecule has 0 amide bonds. The van der Waals surface area contributed by atoms with Crippen molar-refractivity contribution in [1.82, 2.24) is 9.80 Å². The third kappa shape index (κ3) is 7.21. The van der Waals surface area contributed by atoms with Crippen molar-refractivity contribution in [2.45, 2.75) is 72.4 Å². The number of nitrogens with zero attached hydrogens (tertiary/aromatic N) is 2. The van der Waals surface area contributed by atoms with Gasteiger partial charge in [0.1, 0.15) is 18.1 Å². The van der Waals surface area contributed by atoms with Gasteiger partial charge in [0.15, 0.2) is 0 Å². The normalized spacial score (nSPS) is 16.4. The molecule has 0 bridgehead atoms. The summed E-state index contributed by atoms with van der Waals surface area (Å²) in [4.78, 5) is 5.08. The van der Waals surface area contributed by atoms with Crippen LogP contribution in [0, 0.1) is 20.8 Å². The minimum atomic E-state index is 0.482. The minimum absolute atomic E-state index is 0.482. The molecule has 4 nitrogen and oxygen atoms in total. The lowest BCUT2D eigenvalue weighted by atomic mass is 9.93. The van der Waals surface area contributed by atoms with Crippen LogP contribution in [0.1, 0.15) is 66.3 Å². The summed E-state index contributed by atoms with van der Waals surface area (Å²) in [5.74, 6) is 1.73. The predicted molar refractivity (Wildman–Crippen MR) is 167 cm³/mol. The van der Waals surface area contributed by atoms with Crippen LogP contribution in [-0.2, 0) is 13.2 Å². The van der Waals surface area contributed by atoms with E-state index >= 15 is 0 Å². The van der Waals surface area contributed by atoms with E-state index in [1.54, 1.807) is 0 Å². The summed E-state index contributed by atoms with van der Waals surface area (Å²) >= 11 is 6.72. The maximum absolute atomic E-state index is 6.72. The molecule has 214 valence electrons. The van der Waals surface area contributed by atoms with Crippen molar-refractivity contribution in [2.24, 2.45) is 0 Å². The van der Waals surface area contributed by atoms with E-state index in [0.717, 1.165) is 37.6 Å². The summed E-state index contributed by atoms with van der Waals surface area (Å²) in [5, 5.41) is 0.692. The van der Waals surface area contributed by atoms with Gasteiger partial charge >= 0.3 is 0 Å². The Hall–Kier alpha value is -2.53. The molecule has 5 heteroatoms. The molecule has 2 saturated heterocycles. The van der Waals surface area contributed by atoms with Crippen LogP contribution < -0.4 is 9.47 Å². The topological polar surface area (TPSA) is 24.9 Å². The van der Waals surface area contributed by atoms with Crippen molar-refractivity contribution in [3.05, 3.63) is 81.4 Å². The molecule has 0 N–H and O–H groups in total. The Bertz CT molecular complexity index is 1280. The molecule has 0 radical (unpaired) electrons. The molecule has 3 aromatic rings. The van der Waals surface area contributed by atoms with E-state index < -0.39 is 0 Å². The van der Waals surface area contributed by atoms with E-state index in [-0.39, 0.29) is 0 Å². The van der Waals surface area contributed by atoms with Gasteiger partial charge in [-0.1, -0.05) is 48.4 Å². The predicted octanol–water partition coefficient (Wildman–Crippen LogP) is 8.36. The average molecular weight is 561 g/mol. The van der Waals surface area contributed by atoms with Gasteiger partial charge in [0, 0.05) is 13.1 Å². The van der Waals surface area contributed by atoms with Crippen LogP contribution in [0.5, 0.6) is 11.5 Å². The molecule has 0 aliphatic carbocycles. The molecule has 40 heavy (non-hydrogen) atoms. The lowest BCUT2D eigenvalue weighted by molar-refractivity contribution is 0.220. The van der Waals surface area contributed by atoms with E-state index in [4.69, 9.17) is 21.1 Å². The fraction of sp³-hybridized carbons (Fsp3) is 0.486. The number of hydrogen-bond acceptors (Lipinski definition) is 4. The van der Waals surface area contributed by atoms with E-state index in [2.05, 4.69) is 79.1 Å². The van der Waals surface area contributed by atoms with Gasteiger partial charge in [-0.25, -0.2) is 0 Å². The first-order chi connectivity index (χ1) is 19.5. The number of aryl methyl sites for hydroxylation is 1. The zero-order chi connectivity index (χ0) is 27.9. The first-order valence-corrected chi connectivity index (χ1v) is 15.5. The maximum atomic E-state index is 6.72. The molecular weight excluding hydrogens is 516 g/mol. The monoisotopic (exact) mass is 560 g/mol. The number of hydrogen-bond donors (Lipinski definition) is 0. The molecule has 0 saturated carbocycles. The van der Waals surface area contributed by atoms with E-state index in [1.165, 1.54) is 97.2 Å². The Kier molecular flexibility index (Phi) is 10.1. The molecule has 2 aliphatic rings. The Morgan fingerprint density at radius 3 is 2.15 bits per heavy atom. The smallest absolute Gasteiger partial charge is 0.138 e. The first kappa shape index (κ1) is 29.0. The van der Waals surface area contributed by atoms with Crippen LogP contribution in [-0.4, -0.2) is 49.1 Å². The number of rotatable bonds is 11. The van der Waals surface area contributed by atoms with Gasteiger partial charge in [0.05, 0.1) is 11.6 Å². The first-order valence-electron chi connectivity index (χ1n) is 15.2. The quantitative estimate of drug-likeness (QED) is 0.220. The van der Waals surface area contributed by atoms with Crippen molar-refractivity contribution in [2.75, 3.05) is 39.3 Å². The summed E-state index contributed by atoms with van der Waals surface area (Å²) in [5.41, 5.74) is 8.56. The lowest BCUT2D eigenvalue weighted by Crippen LogP contribution is -2.29. The second-order valence-corrected chi connectivity index (χ2v) is 12.0. The van der Waals surface area contributed by atoms with Gasteiger partial charge in [-0.05, 0) is 136 Å². The second-order valence-electron chi connectivity index (χ2n) is 11.6. The third-order valence-corrected chi connectivity index (χ3v) is 9.01. The maximum Gasteiger partial charge on any atom is 0.138 e. The van der Waals surface area contributed by atoms with Crippen molar-refractivity contribution in [3.8, 4) is 22.6 Å². The van der Waals surface area contributed by atoms with Crippen molar-refractivity contribution in [1.29, 1.82) is 0 Å². The molecule has 0 aromatic heterocycles. The van der Waals surface area contributed by atoms with Crippen molar-refractivity contribution in [3.63, 3.8) is 0 Å². The van der Waals surface area contributed by atoms with Gasteiger partial charge in [-0.3, -0.25) is 4.90 Å². The molecule has 0 atom stereocenters. The summed E-state index contributed by atoms with van der Waals surface area (Å²) < 4.78 is 12.6. The Balaban J connectivity index is 1.24. The molecule has 0 spiro atoms. The van der Waals surface area contributed by atoms with Crippen LogP contribution in [0.15, 0.2) is 48.5 Å². The highest BCUT2D eigenvalue weighted by molar-refractivity contribution is 6.32. The van der Waals surface area contributed by atoms with Gasteiger partial charge < -0.3 is 14.4 Å². The van der Waals surface area contributed by atoms with Gasteiger partial charge in [-0.2, -0.15) is 0 Å². The number of likely N-dealkylation sites (tertiary alicyclic amines) is 2. The van der Waals surface area contributed by atoms with Crippen LogP contribution in [0.3, 0.4) is 0 Å². The zero-order valence-electron chi connectivity index (χ0n) is 24.6. The lowest BCUT2D eigenvalue weighted by Gasteiger charge is -2.27. The van der Waals surface area contributed by atoms with Crippen molar-refractivity contribution >= 4 is 11.6 Å². The number of ether oxygens (including phenoxy) is 2. The molecular formula is C35H45ClN2O2. The molecule has 0 unspecified atom stereocenters. The minimum Gasteiger partial charge on any atom is -0.493 e. The Morgan fingerprint density at radius 1 is 0.700 bits per heavy atom. The van der Waals surface area contributed by atoms with E-state index in [9.17, 15) is 0 Å². The number of halogens is 1. The van der Waals surface area contributed by atoms with E-state index in [1.807, 2.05) is 0 Å². The van der Waals surface area contributed by atoms with Crippen molar-refractivity contribution < 1.29 is 9.47 Å². The number of piperidine rings is 1. The zero-order valence-corrected chi connectivity index (χ0v) is 25.4. The number of benzene rings is 3. The summed E-state index contributed by atoms with van der Waals surface area (Å²) in [6.45, 7) is 14.7. The summed E-state index contributed by atoms with van der Waals surface area (Å²) in [6.07, 6.45) is 7.68. The fourth-order valence-corrected chi connectivity index (χ4v) is 6.40. The largest absolute Gasteiger partial charge is 0.493 e. The highest BCUT2D eigenvalue weighted by Gasteiger charge is 2.16. The Morgan fingerprint density at radius 2 is 1.38 bits per heavy atom. The summed E-state index contributed by atoms with van der Waals surface area (Å²) in [7, 11) is 0. The standard InChI is InChI=1S/C35H45ClN2O2/c1-26-22-35(33(36)23-30(26)24-38-18-5-4-6-19-38)40-25-29-12-9-13-31(27(29)2)32-14-10-15-34(28(32)3)39-21-11-20-37-16-7-8-17-37/h9-10,12-15,22-23H,4-8,11,16-21,24-25H2,1-3H3. The third-order valence-electron chi connectivity index (χ3n) is 8.71. The van der Waals surface area contributed by atoms with Crippen LogP contribution in [0.25, 0.3) is 11.1 Å². The van der Waals surface area contributed by atoms with Gasteiger partial charge in [-0.15, -0.1) is 0 Å². The molecule has 3 aromatic carbocycles. The van der Waals surface area contributed by atoms with Gasteiger partial charge in [0.2, 0.25) is 0 Å². The van der Waals surface area contributed by atoms with Crippen LogP contribution >= 0.6 is 11.6 Å². The highest BCUT2D eigenvalue weighted by atomic mass is 35.5. The van der Waals surface area contributed by atoms with E-state index in [0.29, 0.717) is 11.6 Å². The highest BCUT2D eigenvalue weighted by Crippen LogP contribution is 2.35. The van der Waals surface area contributed by atoms with Gasteiger partial charge in [0.25, 0.3) is 0 Å².